The summed E-state index contributed by atoms with van der Waals surface area (Å²) in [4.78, 5) is 18.4. The number of rotatable bonds is 4. The van der Waals surface area contributed by atoms with Gasteiger partial charge in [0.15, 0.2) is 0 Å². The van der Waals surface area contributed by atoms with Gasteiger partial charge in [0.25, 0.3) is 5.56 Å². The predicted octanol–water partition coefficient (Wildman–Crippen LogP) is 6.64. The Labute approximate surface area is 206 Å². The second kappa shape index (κ2) is 9.29. The molecule has 0 radical (unpaired) electrons. The molecule has 0 aliphatic heterocycles. The molecular weight excluding hydrogens is 495 g/mol. The Morgan fingerprint density at radius 1 is 1.06 bits per heavy atom. The third-order valence-electron chi connectivity index (χ3n) is 6.67. The molecule has 5 rings (SSSR count). The van der Waals surface area contributed by atoms with E-state index >= 15 is 0 Å². The van der Waals surface area contributed by atoms with Crippen LogP contribution in [0.2, 0.25) is 0 Å². The Morgan fingerprint density at radius 2 is 1.79 bits per heavy atom. The van der Waals surface area contributed by atoms with Crippen molar-refractivity contribution >= 4 is 33.0 Å². The number of halogens is 2. The van der Waals surface area contributed by atoms with Gasteiger partial charge in [0.1, 0.15) is 11.6 Å². The molecule has 0 amide bonds. The summed E-state index contributed by atoms with van der Waals surface area (Å²) in [5.41, 5.74) is 4.30. The first-order valence-corrected chi connectivity index (χ1v) is 12.4. The summed E-state index contributed by atoms with van der Waals surface area (Å²) in [5, 5.41) is 5.23. The number of aryl methyl sites for hydroxylation is 1. The molecule has 2 aromatic heterocycles. The van der Waals surface area contributed by atoms with Crippen molar-refractivity contribution in [2.24, 2.45) is 5.10 Å². The van der Waals surface area contributed by atoms with Gasteiger partial charge in [-0.25, -0.2) is 9.37 Å². The zero-order chi connectivity index (χ0) is 23.8. The molecule has 0 bridgehead atoms. The molecule has 1 fully saturated rings. The highest BCUT2D eigenvalue weighted by Crippen LogP contribution is 2.32. The van der Waals surface area contributed by atoms with Gasteiger partial charge in [0.2, 0.25) is 0 Å². The van der Waals surface area contributed by atoms with Gasteiger partial charge < -0.3 is 4.57 Å². The van der Waals surface area contributed by atoms with Gasteiger partial charge in [-0.3, -0.25) is 4.79 Å². The third kappa shape index (κ3) is 4.25. The third-order valence-corrected chi connectivity index (χ3v) is 7.16. The van der Waals surface area contributed by atoms with Gasteiger partial charge in [0, 0.05) is 33.0 Å². The number of aromatic nitrogens is 3. The molecule has 1 aliphatic rings. The van der Waals surface area contributed by atoms with Crippen LogP contribution in [-0.4, -0.2) is 20.4 Å². The van der Waals surface area contributed by atoms with Crippen LogP contribution in [0.1, 0.15) is 60.8 Å². The maximum Gasteiger partial charge on any atom is 0.282 e. The van der Waals surface area contributed by atoms with Crippen molar-refractivity contribution in [3.8, 4) is 5.69 Å². The average Bonchev–Trinajstić information content (AvgIpc) is 3.12. The maximum atomic E-state index is 13.5. The fourth-order valence-corrected chi connectivity index (χ4v) is 5.29. The van der Waals surface area contributed by atoms with E-state index in [0.29, 0.717) is 10.9 Å². The summed E-state index contributed by atoms with van der Waals surface area (Å²) in [5.74, 6) is 0.694. The van der Waals surface area contributed by atoms with E-state index in [9.17, 15) is 9.18 Å². The summed E-state index contributed by atoms with van der Waals surface area (Å²) in [6.07, 6.45) is 7.27. The van der Waals surface area contributed by atoms with Crippen molar-refractivity contribution in [1.82, 2.24) is 14.2 Å². The molecule has 2 heterocycles. The van der Waals surface area contributed by atoms with Crippen LogP contribution in [0.4, 0.5) is 4.39 Å². The monoisotopic (exact) mass is 520 g/mol. The molecule has 0 saturated heterocycles. The minimum Gasteiger partial charge on any atom is -0.318 e. The van der Waals surface area contributed by atoms with E-state index in [4.69, 9.17) is 4.98 Å². The molecule has 0 unspecified atom stereocenters. The van der Waals surface area contributed by atoms with Crippen molar-refractivity contribution in [2.45, 2.75) is 51.9 Å². The number of hydrogen-bond donors (Lipinski definition) is 0. The first-order valence-electron chi connectivity index (χ1n) is 11.6. The molecular formula is C27H26BrFN4O. The van der Waals surface area contributed by atoms with Gasteiger partial charge in [-0.2, -0.15) is 9.78 Å². The number of nitrogens with zero attached hydrogens (tertiary/aromatic N) is 4. The van der Waals surface area contributed by atoms with E-state index in [-0.39, 0.29) is 17.3 Å². The van der Waals surface area contributed by atoms with Crippen LogP contribution in [0, 0.1) is 19.7 Å². The van der Waals surface area contributed by atoms with E-state index in [2.05, 4.69) is 25.6 Å². The van der Waals surface area contributed by atoms with Crippen molar-refractivity contribution in [1.29, 1.82) is 0 Å². The molecule has 174 valence electrons. The molecule has 1 aliphatic carbocycles. The largest absolute Gasteiger partial charge is 0.318 e. The second-order valence-corrected chi connectivity index (χ2v) is 9.88. The summed E-state index contributed by atoms with van der Waals surface area (Å²) in [6, 6.07) is 14.1. The summed E-state index contributed by atoms with van der Waals surface area (Å²) >= 11 is 3.47. The predicted molar refractivity (Wildman–Crippen MR) is 138 cm³/mol. The van der Waals surface area contributed by atoms with Crippen LogP contribution in [0.15, 0.2) is 62.9 Å². The summed E-state index contributed by atoms with van der Waals surface area (Å²) in [6.45, 7) is 4.00. The Bertz CT molecular complexity index is 1450. The van der Waals surface area contributed by atoms with E-state index in [1.165, 1.54) is 23.2 Å². The second-order valence-electron chi connectivity index (χ2n) is 8.97. The molecule has 34 heavy (non-hydrogen) atoms. The number of hydrogen-bond acceptors (Lipinski definition) is 3. The minimum atomic E-state index is -0.266. The lowest BCUT2D eigenvalue weighted by Gasteiger charge is -2.22. The molecule has 5 nitrogen and oxygen atoms in total. The molecule has 1 saturated carbocycles. The van der Waals surface area contributed by atoms with Crippen LogP contribution >= 0.6 is 15.9 Å². The topological polar surface area (TPSA) is 52.2 Å². The standard InChI is InChI=1S/C27H26BrFN4O/c1-17-14-20(18(2)32(17)23-11-9-22(29)10-12-23)16-30-33-26(19-6-4-3-5-7-19)31-25-13-8-21(28)15-24(25)27(33)34/h8-16,19H,3-7H2,1-2H3. The number of benzene rings is 2. The van der Waals surface area contributed by atoms with Crippen LogP contribution in [0.3, 0.4) is 0 Å². The molecule has 7 heteroatoms. The molecule has 0 atom stereocenters. The summed E-state index contributed by atoms with van der Waals surface area (Å²) in [7, 11) is 0. The lowest BCUT2D eigenvalue weighted by Crippen LogP contribution is -2.25. The average molecular weight is 521 g/mol. The van der Waals surface area contributed by atoms with Gasteiger partial charge in [-0.15, -0.1) is 0 Å². The Balaban J connectivity index is 1.61. The number of fused-ring (bicyclic) bond motifs is 1. The maximum absolute atomic E-state index is 13.5. The van der Waals surface area contributed by atoms with Gasteiger partial charge >= 0.3 is 0 Å². The van der Waals surface area contributed by atoms with E-state index in [1.807, 2.05) is 38.1 Å². The molecule has 0 N–H and O–H groups in total. The minimum absolute atomic E-state index is 0.157. The van der Waals surface area contributed by atoms with Crippen molar-refractivity contribution in [3.63, 3.8) is 0 Å². The lowest BCUT2D eigenvalue weighted by atomic mass is 9.88. The Morgan fingerprint density at radius 3 is 2.53 bits per heavy atom. The Kier molecular flexibility index (Phi) is 6.21. The smallest absolute Gasteiger partial charge is 0.282 e. The molecule has 2 aromatic carbocycles. The lowest BCUT2D eigenvalue weighted by molar-refractivity contribution is 0.416. The molecule has 4 aromatic rings. The van der Waals surface area contributed by atoms with Gasteiger partial charge in [0.05, 0.1) is 17.1 Å². The first-order chi connectivity index (χ1) is 16.4. The zero-order valence-corrected chi connectivity index (χ0v) is 20.8. The van der Waals surface area contributed by atoms with Crippen molar-refractivity contribution in [3.05, 3.63) is 92.0 Å². The van der Waals surface area contributed by atoms with Crippen molar-refractivity contribution < 1.29 is 4.39 Å². The highest BCUT2D eigenvalue weighted by atomic mass is 79.9. The summed E-state index contributed by atoms with van der Waals surface area (Å²) < 4.78 is 17.8. The highest BCUT2D eigenvalue weighted by Gasteiger charge is 2.22. The Hall–Kier alpha value is -3.06. The van der Waals surface area contributed by atoms with Gasteiger partial charge in [-0.05, 0) is 75.2 Å². The van der Waals surface area contributed by atoms with E-state index < -0.39 is 0 Å². The highest BCUT2D eigenvalue weighted by molar-refractivity contribution is 9.10. The zero-order valence-electron chi connectivity index (χ0n) is 19.3. The normalized spacial score (nSPS) is 14.9. The van der Waals surface area contributed by atoms with E-state index in [0.717, 1.165) is 58.6 Å². The fourth-order valence-electron chi connectivity index (χ4n) is 4.93. The van der Waals surface area contributed by atoms with Crippen LogP contribution < -0.4 is 5.56 Å². The van der Waals surface area contributed by atoms with Crippen LogP contribution in [0.25, 0.3) is 16.6 Å². The fraction of sp³-hybridized carbons (Fsp3) is 0.296. The quantitative estimate of drug-likeness (QED) is 0.283. The van der Waals surface area contributed by atoms with E-state index in [1.54, 1.807) is 18.3 Å². The van der Waals surface area contributed by atoms with Crippen LogP contribution in [0.5, 0.6) is 0 Å². The van der Waals surface area contributed by atoms with Crippen molar-refractivity contribution in [2.75, 3.05) is 0 Å². The molecule has 0 spiro atoms. The first kappa shape index (κ1) is 22.7. The SMILES string of the molecule is Cc1cc(C=Nn2c(C3CCCCC3)nc3ccc(Br)cc3c2=O)c(C)n1-c1ccc(F)cc1. The van der Waals surface area contributed by atoms with Gasteiger partial charge in [-0.1, -0.05) is 35.2 Å². The van der Waals surface area contributed by atoms with Crippen LogP contribution in [-0.2, 0) is 0 Å².